The van der Waals surface area contributed by atoms with Gasteiger partial charge in [-0.2, -0.15) is 0 Å². The number of hydrogen-bond donors (Lipinski definition) is 1. The van der Waals surface area contributed by atoms with Crippen molar-refractivity contribution >= 4 is 5.97 Å². The zero-order chi connectivity index (χ0) is 11.3. The molecule has 1 aliphatic rings. The monoisotopic (exact) mass is 213 g/mol. The van der Waals surface area contributed by atoms with Crippen LogP contribution in [0, 0.1) is 5.92 Å². The minimum atomic E-state index is -0.676. The molecule has 1 saturated heterocycles. The third-order valence-electron chi connectivity index (χ3n) is 3.58. The Bertz CT molecular complexity index is 198. The molecule has 0 bridgehead atoms. The Morgan fingerprint density at radius 1 is 1.07 bits per heavy atom. The van der Waals surface area contributed by atoms with E-state index < -0.39 is 5.97 Å². The van der Waals surface area contributed by atoms with E-state index in [1.54, 1.807) is 0 Å². The van der Waals surface area contributed by atoms with Gasteiger partial charge in [-0.25, -0.2) is 0 Å². The molecule has 1 fully saturated rings. The first kappa shape index (κ1) is 12.5. The third kappa shape index (κ3) is 3.82. The topological polar surface area (TPSA) is 40.5 Å². The van der Waals surface area contributed by atoms with E-state index in [0.717, 1.165) is 13.1 Å². The molecule has 88 valence electrons. The molecule has 0 radical (unpaired) electrons. The van der Waals surface area contributed by atoms with Crippen LogP contribution in [0.5, 0.6) is 0 Å². The summed E-state index contributed by atoms with van der Waals surface area (Å²) in [6.45, 7) is 5.99. The summed E-state index contributed by atoms with van der Waals surface area (Å²) in [6.07, 6.45) is 6.37. The van der Waals surface area contributed by atoms with Crippen LogP contribution in [0.1, 0.15) is 46.0 Å². The summed E-state index contributed by atoms with van der Waals surface area (Å²) >= 11 is 0. The van der Waals surface area contributed by atoms with Crippen molar-refractivity contribution in [1.82, 2.24) is 4.90 Å². The van der Waals surface area contributed by atoms with Gasteiger partial charge < -0.3 is 5.11 Å². The third-order valence-corrected chi connectivity index (χ3v) is 3.58. The molecule has 15 heavy (non-hydrogen) atoms. The van der Waals surface area contributed by atoms with Crippen LogP contribution in [0.2, 0.25) is 0 Å². The van der Waals surface area contributed by atoms with Crippen molar-refractivity contribution in [2.24, 2.45) is 5.92 Å². The first-order chi connectivity index (χ1) is 7.13. The largest absolute Gasteiger partial charge is 0.481 e. The molecule has 0 aromatic rings. The van der Waals surface area contributed by atoms with Crippen LogP contribution >= 0.6 is 0 Å². The highest BCUT2D eigenvalue weighted by molar-refractivity contribution is 5.70. The van der Waals surface area contributed by atoms with Crippen LogP contribution in [-0.2, 0) is 4.79 Å². The standard InChI is InChI=1S/C12H23NO2/c1-10(12(14)15)11(2)13-8-6-4-3-5-7-9-13/h10-11H,3-9H2,1-2H3,(H,14,15). The minimum Gasteiger partial charge on any atom is -0.481 e. The highest BCUT2D eigenvalue weighted by Gasteiger charge is 2.25. The van der Waals surface area contributed by atoms with Crippen molar-refractivity contribution in [1.29, 1.82) is 0 Å². The Kier molecular flexibility index (Phi) is 5.09. The smallest absolute Gasteiger partial charge is 0.307 e. The second-order valence-electron chi connectivity index (χ2n) is 4.67. The van der Waals surface area contributed by atoms with Crippen molar-refractivity contribution in [3.05, 3.63) is 0 Å². The van der Waals surface area contributed by atoms with Gasteiger partial charge in [0.1, 0.15) is 0 Å². The number of aliphatic carboxylic acids is 1. The zero-order valence-corrected chi connectivity index (χ0v) is 9.91. The molecule has 1 rings (SSSR count). The van der Waals surface area contributed by atoms with Crippen molar-refractivity contribution in [2.75, 3.05) is 13.1 Å². The van der Waals surface area contributed by atoms with E-state index >= 15 is 0 Å². The van der Waals surface area contributed by atoms with Crippen LogP contribution in [0.25, 0.3) is 0 Å². The predicted octanol–water partition coefficient (Wildman–Crippen LogP) is 2.36. The number of likely N-dealkylation sites (tertiary alicyclic amines) is 1. The lowest BCUT2D eigenvalue weighted by molar-refractivity contribution is -0.143. The van der Waals surface area contributed by atoms with Gasteiger partial charge in [-0.05, 0) is 32.9 Å². The number of hydrogen-bond acceptors (Lipinski definition) is 2. The molecule has 0 saturated carbocycles. The van der Waals surface area contributed by atoms with E-state index in [1.165, 1.54) is 32.1 Å². The summed E-state index contributed by atoms with van der Waals surface area (Å²) in [5.74, 6) is -0.936. The van der Waals surface area contributed by atoms with Crippen LogP contribution in [-0.4, -0.2) is 35.1 Å². The zero-order valence-electron chi connectivity index (χ0n) is 9.91. The van der Waals surface area contributed by atoms with Crippen LogP contribution in [0.4, 0.5) is 0 Å². The molecule has 2 unspecified atom stereocenters. The molecule has 0 spiro atoms. The van der Waals surface area contributed by atoms with Gasteiger partial charge in [-0.3, -0.25) is 9.69 Å². The molecule has 3 nitrogen and oxygen atoms in total. The second kappa shape index (κ2) is 6.11. The summed E-state index contributed by atoms with van der Waals surface area (Å²) < 4.78 is 0. The van der Waals surface area contributed by atoms with Crippen LogP contribution < -0.4 is 0 Å². The van der Waals surface area contributed by atoms with E-state index in [4.69, 9.17) is 5.11 Å². The van der Waals surface area contributed by atoms with Gasteiger partial charge >= 0.3 is 5.97 Å². The number of nitrogens with zero attached hydrogens (tertiary/aromatic N) is 1. The summed E-state index contributed by atoms with van der Waals surface area (Å²) in [4.78, 5) is 13.3. The predicted molar refractivity (Wildman–Crippen MR) is 60.9 cm³/mol. The molecule has 3 heteroatoms. The normalized spacial score (nSPS) is 23.9. The van der Waals surface area contributed by atoms with Gasteiger partial charge in [0.25, 0.3) is 0 Å². The Morgan fingerprint density at radius 2 is 1.53 bits per heavy atom. The molecular weight excluding hydrogens is 190 g/mol. The molecule has 1 aliphatic heterocycles. The second-order valence-corrected chi connectivity index (χ2v) is 4.67. The maximum absolute atomic E-state index is 10.9. The van der Waals surface area contributed by atoms with Gasteiger partial charge in [0, 0.05) is 6.04 Å². The molecule has 0 amide bonds. The van der Waals surface area contributed by atoms with E-state index in [1.807, 2.05) is 13.8 Å². The van der Waals surface area contributed by atoms with Gasteiger partial charge in [0.15, 0.2) is 0 Å². The average Bonchev–Trinajstić information content (AvgIpc) is 2.15. The summed E-state index contributed by atoms with van der Waals surface area (Å²) in [5.41, 5.74) is 0. The Morgan fingerprint density at radius 3 is 2.00 bits per heavy atom. The fraction of sp³-hybridized carbons (Fsp3) is 0.917. The molecule has 2 atom stereocenters. The number of carboxylic acids is 1. The van der Waals surface area contributed by atoms with Crippen molar-refractivity contribution in [3.8, 4) is 0 Å². The maximum Gasteiger partial charge on any atom is 0.307 e. The van der Waals surface area contributed by atoms with Gasteiger partial charge in [-0.1, -0.05) is 26.2 Å². The first-order valence-electron chi connectivity index (χ1n) is 6.10. The number of carboxylic acid groups (broad SMARTS) is 1. The molecule has 0 aromatic carbocycles. The Hall–Kier alpha value is -0.570. The Labute approximate surface area is 92.5 Å². The average molecular weight is 213 g/mol. The van der Waals surface area contributed by atoms with Gasteiger partial charge in [0.05, 0.1) is 5.92 Å². The molecule has 1 N–H and O–H groups in total. The van der Waals surface area contributed by atoms with E-state index in [9.17, 15) is 4.79 Å². The Balaban J connectivity index is 2.47. The SMILES string of the molecule is CC(C(=O)O)C(C)N1CCCCCCC1. The molecular formula is C12H23NO2. The summed E-state index contributed by atoms with van der Waals surface area (Å²) in [5, 5.41) is 8.98. The quantitative estimate of drug-likeness (QED) is 0.782. The lowest BCUT2D eigenvalue weighted by atomic mass is 10.00. The first-order valence-corrected chi connectivity index (χ1v) is 6.10. The summed E-state index contributed by atoms with van der Waals surface area (Å²) in [7, 11) is 0. The number of rotatable bonds is 3. The van der Waals surface area contributed by atoms with Crippen LogP contribution in [0.15, 0.2) is 0 Å². The lowest BCUT2D eigenvalue weighted by Gasteiger charge is -2.32. The fourth-order valence-electron chi connectivity index (χ4n) is 2.20. The van der Waals surface area contributed by atoms with Crippen LogP contribution in [0.3, 0.4) is 0 Å². The van der Waals surface area contributed by atoms with Gasteiger partial charge in [-0.15, -0.1) is 0 Å². The van der Waals surface area contributed by atoms with E-state index in [2.05, 4.69) is 4.90 Å². The number of carbonyl (C=O) groups is 1. The van der Waals surface area contributed by atoms with Crippen molar-refractivity contribution < 1.29 is 9.90 Å². The van der Waals surface area contributed by atoms with Crippen molar-refractivity contribution in [2.45, 2.75) is 52.0 Å². The maximum atomic E-state index is 10.9. The van der Waals surface area contributed by atoms with Crippen molar-refractivity contribution in [3.63, 3.8) is 0 Å². The highest BCUT2D eigenvalue weighted by atomic mass is 16.4. The molecule has 0 aromatic heterocycles. The summed E-state index contributed by atoms with van der Waals surface area (Å²) in [6, 6.07) is 0.167. The minimum absolute atomic E-state index is 0.167. The fourth-order valence-corrected chi connectivity index (χ4v) is 2.20. The van der Waals surface area contributed by atoms with E-state index in [0.29, 0.717) is 0 Å². The van der Waals surface area contributed by atoms with Gasteiger partial charge in [0.2, 0.25) is 0 Å². The van der Waals surface area contributed by atoms with E-state index in [-0.39, 0.29) is 12.0 Å². The molecule has 0 aliphatic carbocycles. The molecule has 1 heterocycles. The highest BCUT2D eigenvalue weighted by Crippen LogP contribution is 2.17. The lowest BCUT2D eigenvalue weighted by Crippen LogP contribution is -2.42.